The van der Waals surface area contributed by atoms with Crippen LogP contribution in [0.25, 0.3) is 10.9 Å². The second-order valence-electron chi connectivity index (χ2n) is 6.64. The highest BCUT2D eigenvalue weighted by molar-refractivity contribution is 7.10. The van der Waals surface area contributed by atoms with Crippen LogP contribution in [-0.4, -0.2) is 16.7 Å². The van der Waals surface area contributed by atoms with Crippen LogP contribution in [0.2, 0.25) is 0 Å². The van der Waals surface area contributed by atoms with Gasteiger partial charge in [0.2, 0.25) is 5.91 Å². The summed E-state index contributed by atoms with van der Waals surface area (Å²) in [5.41, 5.74) is 7.22. The van der Waals surface area contributed by atoms with Crippen LogP contribution in [0, 0.1) is 6.92 Å². The maximum atomic E-state index is 12.1. The summed E-state index contributed by atoms with van der Waals surface area (Å²) in [6, 6.07) is 22.6. The molecule has 0 aliphatic carbocycles. The number of carbonyl (C=O) groups excluding carboxylic acids is 1. The standard InChI is InChI=1S/C23H21N3OS/c1-17-21(15-24-25-23(27)14-19-10-7-13-28-19)20-11-5-6-12-22(20)26(17)16-18-8-3-2-4-9-18/h2-13,15H,14,16H2,1H3,(H,25,27). The Balaban J connectivity index is 1.58. The van der Waals surface area contributed by atoms with E-state index in [-0.39, 0.29) is 5.91 Å². The van der Waals surface area contributed by atoms with E-state index in [2.05, 4.69) is 58.4 Å². The van der Waals surface area contributed by atoms with Crippen molar-refractivity contribution in [3.63, 3.8) is 0 Å². The summed E-state index contributed by atoms with van der Waals surface area (Å²) in [6.45, 7) is 2.89. The van der Waals surface area contributed by atoms with Crippen LogP contribution in [0.15, 0.2) is 77.2 Å². The van der Waals surface area contributed by atoms with Gasteiger partial charge in [-0.05, 0) is 30.0 Å². The Labute approximate surface area is 168 Å². The highest BCUT2D eigenvalue weighted by Gasteiger charge is 2.12. The molecule has 140 valence electrons. The van der Waals surface area contributed by atoms with Gasteiger partial charge in [-0.25, -0.2) is 5.43 Å². The van der Waals surface area contributed by atoms with Gasteiger partial charge in [0.15, 0.2) is 0 Å². The Morgan fingerprint density at radius 2 is 1.86 bits per heavy atom. The molecule has 0 spiro atoms. The van der Waals surface area contributed by atoms with Gasteiger partial charge >= 0.3 is 0 Å². The molecule has 4 aromatic rings. The third kappa shape index (κ3) is 3.89. The minimum Gasteiger partial charge on any atom is -0.340 e. The van der Waals surface area contributed by atoms with Crippen molar-refractivity contribution >= 4 is 34.4 Å². The smallest absolute Gasteiger partial charge is 0.245 e. The Morgan fingerprint density at radius 3 is 2.64 bits per heavy atom. The highest BCUT2D eigenvalue weighted by Crippen LogP contribution is 2.25. The predicted molar refractivity (Wildman–Crippen MR) is 116 cm³/mol. The van der Waals surface area contributed by atoms with E-state index in [9.17, 15) is 4.79 Å². The Morgan fingerprint density at radius 1 is 1.07 bits per heavy atom. The summed E-state index contributed by atoms with van der Waals surface area (Å²) in [5.74, 6) is -0.107. The van der Waals surface area contributed by atoms with Gasteiger partial charge in [0.05, 0.1) is 12.6 Å². The first-order valence-corrected chi connectivity index (χ1v) is 10.1. The molecule has 0 radical (unpaired) electrons. The summed E-state index contributed by atoms with van der Waals surface area (Å²) in [6.07, 6.45) is 2.11. The van der Waals surface area contributed by atoms with Gasteiger partial charge in [-0.1, -0.05) is 54.6 Å². The van der Waals surface area contributed by atoms with Gasteiger partial charge in [-0.3, -0.25) is 4.79 Å². The van der Waals surface area contributed by atoms with Crippen LogP contribution in [-0.2, 0) is 17.8 Å². The van der Waals surface area contributed by atoms with Gasteiger partial charge in [-0.2, -0.15) is 5.10 Å². The minimum atomic E-state index is -0.107. The summed E-state index contributed by atoms with van der Waals surface area (Å²) < 4.78 is 2.29. The minimum absolute atomic E-state index is 0.107. The number of hydrazone groups is 1. The van der Waals surface area contributed by atoms with Crippen molar-refractivity contribution in [3.05, 3.63) is 93.8 Å². The van der Waals surface area contributed by atoms with E-state index in [1.165, 1.54) is 5.56 Å². The molecule has 0 bridgehead atoms. The van der Waals surface area contributed by atoms with E-state index in [1.54, 1.807) is 17.6 Å². The van der Waals surface area contributed by atoms with E-state index < -0.39 is 0 Å². The van der Waals surface area contributed by atoms with E-state index in [4.69, 9.17) is 0 Å². The average Bonchev–Trinajstić information content (AvgIpc) is 3.31. The molecule has 0 atom stereocenters. The third-order valence-electron chi connectivity index (χ3n) is 4.76. The lowest BCUT2D eigenvalue weighted by Gasteiger charge is -2.08. The molecule has 1 amide bonds. The van der Waals surface area contributed by atoms with Gasteiger partial charge in [0.25, 0.3) is 0 Å². The number of aromatic nitrogens is 1. The fourth-order valence-corrected chi connectivity index (χ4v) is 4.07. The molecule has 0 aliphatic rings. The number of hydrogen-bond donors (Lipinski definition) is 1. The zero-order chi connectivity index (χ0) is 19.3. The molecule has 0 aliphatic heterocycles. The number of benzene rings is 2. The van der Waals surface area contributed by atoms with Crippen molar-refractivity contribution in [2.75, 3.05) is 0 Å². The van der Waals surface area contributed by atoms with E-state index in [1.807, 2.05) is 35.7 Å². The lowest BCUT2D eigenvalue weighted by molar-refractivity contribution is -0.120. The maximum Gasteiger partial charge on any atom is 0.245 e. The molecular formula is C23H21N3OS. The van der Waals surface area contributed by atoms with Crippen LogP contribution in [0.1, 0.15) is 21.7 Å². The first-order valence-electron chi connectivity index (χ1n) is 9.18. The Bertz CT molecular complexity index is 1110. The maximum absolute atomic E-state index is 12.1. The third-order valence-corrected chi connectivity index (χ3v) is 5.64. The van der Waals surface area contributed by atoms with Crippen molar-refractivity contribution in [2.24, 2.45) is 5.10 Å². The van der Waals surface area contributed by atoms with Crippen molar-refractivity contribution in [3.8, 4) is 0 Å². The molecule has 1 N–H and O–H groups in total. The first kappa shape index (κ1) is 18.2. The van der Waals surface area contributed by atoms with E-state index in [0.29, 0.717) is 6.42 Å². The number of amides is 1. The van der Waals surface area contributed by atoms with Gasteiger partial charge in [0.1, 0.15) is 0 Å². The van der Waals surface area contributed by atoms with Crippen LogP contribution in [0.3, 0.4) is 0 Å². The van der Waals surface area contributed by atoms with Crippen LogP contribution >= 0.6 is 11.3 Å². The SMILES string of the molecule is Cc1c(C=NNC(=O)Cc2cccs2)c2ccccc2n1Cc1ccccc1. The van der Waals surface area contributed by atoms with Gasteiger partial charge < -0.3 is 4.57 Å². The van der Waals surface area contributed by atoms with E-state index in [0.717, 1.165) is 33.6 Å². The number of fused-ring (bicyclic) bond motifs is 1. The van der Waals surface area contributed by atoms with Crippen LogP contribution < -0.4 is 5.43 Å². The molecule has 0 unspecified atom stereocenters. The van der Waals surface area contributed by atoms with E-state index >= 15 is 0 Å². The molecule has 4 nitrogen and oxygen atoms in total. The second-order valence-corrected chi connectivity index (χ2v) is 7.67. The molecule has 5 heteroatoms. The molecular weight excluding hydrogens is 366 g/mol. The number of hydrogen-bond acceptors (Lipinski definition) is 3. The molecule has 28 heavy (non-hydrogen) atoms. The fourth-order valence-electron chi connectivity index (χ4n) is 3.37. The number of thiophene rings is 1. The van der Waals surface area contributed by atoms with Gasteiger partial charge in [0, 0.05) is 33.6 Å². The van der Waals surface area contributed by atoms with Crippen molar-refractivity contribution in [1.29, 1.82) is 0 Å². The predicted octanol–water partition coefficient (Wildman–Crippen LogP) is 4.75. The largest absolute Gasteiger partial charge is 0.340 e. The van der Waals surface area contributed by atoms with Crippen molar-refractivity contribution in [1.82, 2.24) is 9.99 Å². The summed E-state index contributed by atoms with van der Waals surface area (Å²) in [4.78, 5) is 13.1. The van der Waals surface area contributed by atoms with Crippen LogP contribution in [0.4, 0.5) is 0 Å². The quantitative estimate of drug-likeness (QED) is 0.377. The number of nitrogens with zero attached hydrogens (tertiary/aromatic N) is 2. The summed E-state index contributed by atoms with van der Waals surface area (Å²) in [5, 5.41) is 7.32. The number of rotatable bonds is 6. The topological polar surface area (TPSA) is 46.4 Å². The first-order chi connectivity index (χ1) is 13.7. The summed E-state index contributed by atoms with van der Waals surface area (Å²) >= 11 is 1.57. The zero-order valence-electron chi connectivity index (χ0n) is 15.6. The molecule has 2 heterocycles. The van der Waals surface area contributed by atoms with Crippen molar-refractivity contribution < 1.29 is 4.79 Å². The normalized spacial score (nSPS) is 11.3. The molecule has 0 saturated heterocycles. The molecule has 0 fully saturated rings. The molecule has 0 saturated carbocycles. The molecule has 2 aromatic carbocycles. The molecule has 2 aromatic heterocycles. The lowest BCUT2D eigenvalue weighted by Crippen LogP contribution is -2.19. The van der Waals surface area contributed by atoms with Crippen molar-refractivity contribution in [2.45, 2.75) is 19.9 Å². The lowest BCUT2D eigenvalue weighted by atomic mass is 10.1. The highest BCUT2D eigenvalue weighted by atomic mass is 32.1. The van der Waals surface area contributed by atoms with Crippen LogP contribution in [0.5, 0.6) is 0 Å². The zero-order valence-corrected chi connectivity index (χ0v) is 16.4. The Kier molecular flexibility index (Phi) is 5.35. The second kappa shape index (κ2) is 8.23. The monoisotopic (exact) mass is 387 g/mol. The number of carbonyl (C=O) groups is 1. The van der Waals surface area contributed by atoms with Gasteiger partial charge in [-0.15, -0.1) is 11.3 Å². The average molecular weight is 388 g/mol. The fraction of sp³-hybridized carbons (Fsp3) is 0.130. The Hall–Kier alpha value is -3.18. The number of para-hydroxylation sites is 1. The molecule has 4 rings (SSSR count). The summed E-state index contributed by atoms with van der Waals surface area (Å²) in [7, 11) is 0. The number of nitrogens with one attached hydrogen (secondary N) is 1.